The maximum Gasteiger partial charge on any atom is 0.329 e. The molecular formula is C25H42N4O7. The quantitative estimate of drug-likeness (QED) is 0.307. The molecule has 0 aromatic rings. The minimum atomic E-state index is -1.30. The summed E-state index contributed by atoms with van der Waals surface area (Å²) in [7, 11) is 0. The number of hydrogen-bond acceptors (Lipinski definition) is 7. The van der Waals surface area contributed by atoms with Gasteiger partial charge in [0.25, 0.3) is 0 Å². The van der Waals surface area contributed by atoms with Gasteiger partial charge < -0.3 is 31.1 Å². The van der Waals surface area contributed by atoms with Crippen molar-refractivity contribution in [2.45, 2.75) is 109 Å². The zero-order chi connectivity index (χ0) is 26.8. The minimum Gasteiger partial charge on any atom is -0.458 e. The Morgan fingerprint density at radius 1 is 1.03 bits per heavy atom. The minimum absolute atomic E-state index is 0.241. The first kappa shape index (κ1) is 29.5. The topological polar surface area (TPSA) is 163 Å². The molecule has 5 N–H and O–H groups in total. The van der Waals surface area contributed by atoms with E-state index in [9.17, 15) is 24.0 Å². The highest BCUT2D eigenvalue weighted by Crippen LogP contribution is 2.27. The van der Waals surface area contributed by atoms with E-state index >= 15 is 0 Å². The summed E-state index contributed by atoms with van der Waals surface area (Å²) in [6.07, 6.45) is 4.90. The fourth-order valence-corrected chi connectivity index (χ4v) is 4.64. The second-order valence-electron chi connectivity index (χ2n) is 10.1. The molecule has 0 aromatic heterocycles. The van der Waals surface area contributed by atoms with Crippen LogP contribution in [-0.2, 0) is 28.7 Å². The molecule has 36 heavy (non-hydrogen) atoms. The Hall–Kier alpha value is -2.69. The fraction of sp³-hybridized carbons (Fsp3) is 0.800. The van der Waals surface area contributed by atoms with Gasteiger partial charge in [0.15, 0.2) is 0 Å². The molecule has 1 aliphatic carbocycles. The van der Waals surface area contributed by atoms with Crippen molar-refractivity contribution < 1.29 is 33.8 Å². The fourth-order valence-electron chi connectivity index (χ4n) is 4.64. The summed E-state index contributed by atoms with van der Waals surface area (Å²) >= 11 is 0. The van der Waals surface area contributed by atoms with Gasteiger partial charge in [0.05, 0.1) is 6.61 Å². The zero-order valence-electron chi connectivity index (χ0n) is 21.8. The summed E-state index contributed by atoms with van der Waals surface area (Å²) in [4.78, 5) is 64.6. The highest BCUT2D eigenvalue weighted by atomic mass is 16.5. The van der Waals surface area contributed by atoms with Crippen LogP contribution in [0.25, 0.3) is 0 Å². The lowest BCUT2D eigenvalue weighted by molar-refractivity contribution is -0.157. The van der Waals surface area contributed by atoms with Crippen molar-refractivity contribution in [2.24, 2.45) is 11.8 Å². The molecule has 6 atom stereocenters. The Kier molecular flexibility index (Phi) is 11.6. The standard InChI is InChI=1S/C25H42N4O7/c1-5-14(2)20-25(35)36-16(4)21(28-19(31)11-12-30)24(34)26-15(3)22(32)27-18(23(33)29-20)13-17-9-7-6-8-10-17/h14-18,20-21,30H,5-13H2,1-4H3,(H,26,34)(H,27,32)(H,28,31)(H,29,33)/t14-,15-,16-,18-,20-,21+/m0/s1. The van der Waals surface area contributed by atoms with Crippen LogP contribution in [0.2, 0.25) is 0 Å². The molecule has 1 heterocycles. The molecule has 0 radical (unpaired) electrons. The molecule has 0 unspecified atom stereocenters. The average molecular weight is 511 g/mol. The maximum atomic E-state index is 13.3. The van der Waals surface area contributed by atoms with Crippen LogP contribution in [0.4, 0.5) is 0 Å². The van der Waals surface area contributed by atoms with Crippen molar-refractivity contribution in [1.29, 1.82) is 0 Å². The summed E-state index contributed by atoms with van der Waals surface area (Å²) in [6.45, 7) is 6.19. The number of rotatable bonds is 7. The number of hydrogen-bond donors (Lipinski definition) is 5. The second-order valence-corrected chi connectivity index (χ2v) is 10.1. The molecule has 0 bridgehead atoms. The third-order valence-corrected chi connectivity index (χ3v) is 7.15. The van der Waals surface area contributed by atoms with Gasteiger partial charge in [-0.25, -0.2) is 4.79 Å². The van der Waals surface area contributed by atoms with Crippen molar-refractivity contribution in [2.75, 3.05) is 6.61 Å². The third kappa shape index (κ3) is 8.46. The van der Waals surface area contributed by atoms with E-state index in [-0.39, 0.29) is 18.3 Å². The van der Waals surface area contributed by atoms with Crippen LogP contribution < -0.4 is 21.3 Å². The van der Waals surface area contributed by atoms with E-state index in [0.717, 1.165) is 32.1 Å². The van der Waals surface area contributed by atoms with Crippen molar-refractivity contribution in [3.05, 3.63) is 0 Å². The highest BCUT2D eigenvalue weighted by molar-refractivity contribution is 5.95. The van der Waals surface area contributed by atoms with Gasteiger partial charge in [0.2, 0.25) is 23.6 Å². The van der Waals surface area contributed by atoms with E-state index < -0.39 is 66.5 Å². The van der Waals surface area contributed by atoms with Crippen LogP contribution >= 0.6 is 0 Å². The molecular weight excluding hydrogens is 468 g/mol. The van der Waals surface area contributed by atoms with E-state index in [1.807, 2.05) is 6.92 Å². The van der Waals surface area contributed by atoms with E-state index in [4.69, 9.17) is 9.84 Å². The molecule has 1 saturated heterocycles. The number of amides is 4. The summed E-state index contributed by atoms with van der Waals surface area (Å²) in [5.41, 5.74) is 0. The molecule has 0 spiro atoms. The van der Waals surface area contributed by atoms with E-state index in [0.29, 0.717) is 12.8 Å². The monoisotopic (exact) mass is 510 g/mol. The van der Waals surface area contributed by atoms with Crippen LogP contribution in [0.15, 0.2) is 0 Å². The molecule has 1 saturated carbocycles. The molecule has 2 aliphatic rings. The predicted molar refractivity (Wildman–Crippen MR) is 131 cm³/mol. The Balaban J connectivity index is 2.36. The lowest BCUT2D eigenvalue weighted by atomic mass is 9.84. The molecule has 2 rings (SSSR count). The van der Waals surface area contributed by atoms with Gasteiger partial charge in [-0.1, -0.05) is 52.4 Å². The van der Waals surface area contributed by atoms with E-state index in [2.05, 4.69) is 21.3 Å². The van der Waals surface area contributed by atoms with Gasteiger partial charge in [0.1, 0.15) is 30.3 Å². The number of carbonyl (C=O) groups is 5. The van der Waals surface area contributed by atoms with Gasteiger partial charge in [-0.2, -0.15) is 0 Å². The van der Waals surface area contributed by atoms with Gasteiger partial charge >= 0.3 is 5.97 Å². The molecule has 204 valence electrons. The Morgan fingerprint density at radius 2 is 1.69 bits per heavy atom. The Bertz CT molecular complexity index is 799. The Labute approximate surface area is 212 Å². The van der Waals surface area contributed by atoms with Crippen LogP contribution in [0.1, 0.15) is 79.1 Å². The molecule has 1 aliphatic heterocycles. The van der Waals surface area contributed by atoms with Gasteiger partial charge in [0, 0.05) is 6.42 Å². The predicted octanol–water partition coefficient (Wildman–Crippen LogP) is 0.290. The number of aliphatic hydroxyl groups is 1. The first-order valence-corrected chi connectivity index (χ1v) is 13.1. The molecule has 0 aromatic carbocycles. The molecule has 2 fully saturated rings. The third-order valence-electron chi connectivity index (χ3n) is 7.15. The maximum absolute atomic E-state index is 13.3. The highest BCUT2D eigenvalue weighted by Gasteiger charge is 2.38. The van der Waals surface area contributed by atoms with Crippen molar-refractivity contribution >= 4 is 29.6 Å². The van der Waals surface area contributed by atoms with Gasteiger partial charge in [-0.05, 0) is 32.1 Å². The summed E-state index contributed by atoms with van der Waals surface area (Å²) in [6, 6.07) is -4.16. The van der Waals surface area contributed by atoms with Crippen molar-refractivity contribution in [3.8, 4) is 0 Å². The van der Waals surface area contributed by atoms with E-state index in [1.54, 1.807) is 6.92 Å². The van der Waals surface area contributed by atoms with Gasteiger partial charge in [-0.3, -0.25) is 19.2 Å². The Morgan fingerprint density at radius 3 is 2.31 bits per heavy atom. The van der Waals surface area contributed by atoms with Crippen LogP contribution in [0.5, 0.6) is 0 Å². The second kappa shape index (κ2) is 14.2. The van der Waals surface area contributed by atoms with E-state index in [1.165, 1.54) is 13.8 Å². The number of esters is 1. The van der Waals surface area contributed by atoms with Crippen LogP contribution in [0.3, 0.4) is 0 Å². The largest absolute Gasteiger partial charge is 0.458 e. The molecule has 11 heteroatoms. The first-order chi connectivity index (χ1) is 17.1. The van der Waals surface area contributed by atoms with Crippen LogP contribution in [-0.4, -0.2) is 71.6 Å². The summed E-state index contributed by atoms with van der Waals surface area (Å²) < 4.78 is 5.56. The SMILES string of the molecule is CC[C@H](C)[C@@H]1NC(=O)[C@H](CC2CCCCC2)NC(=O)[C@H](C)NC(=O)[C@H](NC(=O)CCO)[C@H](C)OC1=O. The van der Waals surface area contributed by atoms with Gasteiger partial charge in [-0.15, -0.1) is 0 Å². The first-order valence-electron chi connectivity index (χ1n) is 13.1. The lowest BCUT2D eigenvalue weighted by Crippen LogP contribution is -2.58. The van der Waals surface area contributed by atoms with Crippen LogP contribution in [0, 0.1) is 11.8 Å². The number of cyclic esters (lactones) is 1. The normalized spacial score (nSPS) is 29.9. The van der Waals surface area contributed by atoms with Crippen molar-refractivity contribution in [3.63, 3.8) is 0 Å². The average Bonchev–Trinajstić information content (AvgIpc) is 2.84. The van der Waals surface area contributed by atoms with Crippen molar-refractivity contribution in [1.82, 2.24) is 21.3 Å². The molecule has 4 amide bonds. The smallest absolute Gasteiger partial charge is 0.329 e. The lowest BCUT2D eigenvalue weighted by Gasteiger charge is -2.30. The number of carbonyl (C=O) groups excluding carboxylic acids is 5. The zero-order valence-corrected chi connectivity index (χ0v) is 21.8. The number of aliphatic hydroxyl groups excluding tert-OH is 1. The summed E-state index contributed by atoms with van der Waals surface area (Å²) in [5.74, 6) is -3.06. The molecule has 11 nitrogen and oxygen atoms in total. The summed E-state index contributed by atoms with van der Waals surface area (Å²) in [5, 5.41) is 19.6. The number of ether oxygens (including phenoxy) is 1. The number of nitrogens with one attached hydrogen (secondary N) is 4.